The van der Waals surface area contributed by atoms with E-state index in [0.717, 1.165) is 72.0 Å². The molecular weight excluding hydrogens is 401 g/mol. The van der Waals surface area contributed by atoms with Gasteiger partial charge in [-0.2, -0.15) is 0 Å². The molecule has 4 rings (SSSR count). The van der Waals surface area contributed by atoms with Crippen molar-refractivity contribution < 1.29 is 14.2 Å². The first-order chi connectivity index (χ1) is 14.6. The molecule has 1 aliphatic heterocycles. The summed E-state index contributed by atoms with van der Waals surface area (Å²) in [5.74, 6) is 1.19. The maximum Gasteiger partial charge on any atom is 0.183 e. The minimum absolute atomic E-state index is 0.243. The molecule has 1 aliphatic rings. The van der Waals surface area contributed by atoms with Crippen molar-refractivity contribution in [3.63, 3.8) is 0 Å². The van der Waals surface area contributed by atoms with E-state index in [0.29, 0.717) is 18.3 Å². The van der Waals surface area contributed by atoms with Crippen LogP contribution in [0.5, 0.6) is 11.5 Å². The van der Waals surface area contributed by atoms with Gasteiger partial charge in [-0.25, -0.2) is 9.37 Å². The molecule has 2 heterocycles. The highest BCUT2D eigenvalue weighted by atomic mass is 32.1. The van der Waals surface area contributed by atoms with Crippen LogP contribution in [0.2, 0.25) is 0 Å². The molecule has 2 aromatic carbocycles. The number of aromatic nitrogens is 1. The zero-order chi connectivity index (χ0) is 20.9. The fourth-order valence-electron chi connectivity index (χ4n) is 4.12. The zero-order valence-corrected chi connectivity index (χ0v) is 18.1. The average Bonchev–Trinajstić information content (AvgIpc) is 3.19. The van der Waals surface area contributed by atoms with E-state index in [1.165, 1.54) is 12.1 Å². The van der Waals surface area contributed by atoms with Crippen LogP contribution in [0.3, 0.4) is 0 Å². The van der Waals surface area contributed by atoms with Crippen LogP contribution >= 0.6 is 11.3 Å². The largest absolute Gasteiger partial charge is 0.508 e. The van der Waals surface area contributed by atoms with Crippen molar-refractivity contribution in [1.82, 2.24) is 9.88 Å². The maximum absolute atomic E-state index is 12.9. The SMILES string of the molecule is CNc1nc2c(C3CCN(CCCCOc4ccc(F)cc4)CC3)c(O)ccc2s1. The van der Waals surface area contributed by atoms with Gasteiger partial charge in [0.25, 0.3) is 0 Å². The molecule has 0 atom stereocenters. The fraction of sp³-hybridized carbons (Fsp3) is 0.435. The highest BCUT2D eigenvalue weighted by Crippen LogP contribution is 2.41. The molecule has 0 spiro atoms. The molecule has 0 aliphatic carbocycles. The molecule has 2 N–H and O–H groups in total. The van der Waals surface area contributed by atoms with Crippen molar-refractivity contribution in [2.24, 2.45) is 0 Å². The topological polar surface area (TPSA) is 57.6 Å². The lowest BCUT2D eigenvalue weighted by Crippen LogP contribution is -2.33. The van der Waals surface area contributed by atoms with Crippen LogP contribution in [0.15, 0.2) is 36.4 Å². The first kappa shape index (κ1) is 20.9. The number of halogens is 1. The average molecular weight is 430 g/mol. The maximum atomic E-state index is 12.9. The summed E-state index contributed by atoms with van der Waals surface area (Å²) >= 11 is 1.63. The van der Waals surface area contributed by atoms with E-state index in [4.69, 9.17) is 4.74 Å². The van der Waals surface area contributed by atoms with Gasteiger partial charge in [0.05, 0.1) is 16.8 Å². The smallest absolute Gasteiger partial charge is 0.183 e. The molecular formula is C23H28FN3O2S. The third-order valence-corrected chi connectivity index (χ3v) is 6.78. The third kappa shape index (κ3) is 4.84. The van der Waals surface area contributed by atoms with E-state index in [-0.39, 0.29) is 5.82 Å². The second-order valence-electron chi connectivity index (χ2n) is 7.74. The van der Waals surface area contributed by atoms with E-state index in [9.17, 15) is 9.50 Å². The molecule has 1 fully saturated rings. The Labute approximate surface area is 180 Å². The Morgan fingerprint density at radius 1 is 1.17 bits per heavy atom. The summed E-state index contributed by atoms with van der Waals surface area (Å²) in [5.41, 5.74) is 1.96. The summed E-state index contributed by atoms with van der Waals surface area (Å²) in [6.45, 7) is 3.76. The summed E-state index contributed by atoms with van der Waals surface area (Å²) in [6, 6.07) is 9.93. The van der Waals surface area contributed by atoms with Gasteiger partial charge in [0, 0.05) is 12.6 Å². The monoisotopic (exact) mass is 429 g/mol. The van der Waals surface area contributed by atoms with Crippen molar-refractivity contribution in [2.75, 3.05) is 38.6 Å². The first-order valence-electron chi connectivity index (χ1n) is 10.5. The van der Waals surface area contributed by atoms with E-state index in [1.54, 1.807) is 23.5 Å². The molecule has 3 aromatic rings. The number of thiazole rings is 1. The molecule has 0 bridgehead atoms. The minimum atomic E-state index is -0.243. The number of piperidine rings is 1. The summed E-state index contributed by atoms with van der Waals surface area (Å²) in [4.78, 5) is 7.18. The van der Waals surface area contributed by atoms with Crippen LogP contribution in [0.4, 0.5) is 9.52 Å². The lowest BCUT2D eigenvalue weighted by atomic mass is 9.88. The van der Waals surface area contributed by atoms with Gasteiger partial charge >= 0.3 is 0 Å². The zero-order valence-electron chi connectivity index (χ0n) is 17.2. The number of likely N-dealkylation sites (tertiary alicyclic amines) is 1. The Hall–Kier alpha value is -2.38. The number of nitrogens with zero attached hydrogens (tertiary/aromatic N) is 2. The number of phenolic OH excluding ortho intramolecular Hbond substituents is 1. The van der Waals surface area contributed by atoms with Gasteiger partial charge in [-0.05, 0) is 87.6 Å². The quantitative estimate of drug-likeness (QED) is 0.481. The lowest BCUT2D eigenvalue weighted by Gasteiger charge is -2.32. The minimum Gasteiger partial charge on any atom is -0.508 e. The number of fused-ring (bicyclic) bond motifs is 1. The summed E-state index contributed by atoms with van der Waals surface area (Å²) in [5, 5.41) is 14.5. The van der Waals surface area contributed by atoms with Gasteiger partial charge in [0.2, 0.25) is 0 Å². The van der Waals surface area contributed by atoms with Gasteiger partial charge in [0.15, 0.2) is 5.13 Å². The summed E-state index contributed by atoms with van der Waals surface area (Å²) in [7, 11) is 1.88. The molecule has 160 valence electrons. The Morgan fingerprint density at radius 3 is 2.67 bits per heavy atom. The molecule has 1 aromatic heterocycles. The van der Waals surface area contributed by atoms with Crippen molar-refractivity contribution in [3.8, 4) is 11.5 Å². The van der Waals surface area contributed by atoms with Crippen molar-refractivity contribution in [2.45, 2.75) is 31.6 Å². The Bertz CT molecular complexity index is 968. The number of nitrogens with one attached hydrogen (secondary N) is 1. The second-order valence-corrected chi connectivity index (χ2v) is 8.77. The van der Waals surface area contributed by atoms with Crippen LogP contribution in [-0.4, -0.2) is 48.3 Å². The number of ether oxygens (including phenoxy) is 1. The highest BCUT2D eigenvalue weighted by molar-refractivity contribution is 7.22. The number of hydrogen-bond donors (Lipinski definition) is 2. The van der Waals surface area contributed by atoms with Gasteiger partial charge in [-0.15, -0.1) is 0 Å². The molecule has 1 saturated heterocycles. The van der Waals surface area contributed by atoms with E-state index < -0.39 is 0 Å². The van der Waals surface area contributed by atoms with Gasteiger partial charge in [0.1, 0.15) is 17.3 Å². The number of phenols is 1. The number of anilines is 1. The van der Waals surface area contributed by atoms with Crippen molar-refractivity contribution in [1.29, 1.82) is 0 Å². The lowest BCUT2D eigenvalue weighted by molar-refractivity contribution is 0.201. The molecule has 30 heavy (non-hydrogen) atoms. The Kier molecular flexibility index (Phi) is 6.69. The standard InChI is InChI=1S/C23H28FN3O2S/c1-25-23-26-22-20(30-23)9-8-19(28)21(22)16-10-13-27(14-11-16)12-2-3-15-29-18-6-4-17(24)5-7-18/h4-9,16,28H,2-3,10-15H2,1H3,(H,25,26). The van der Waals surface area contributed by atoms with Gasteiger partial charge in [-0.1, -0.05) is 11.3 Å². The fourth-order valence-corrected chi connectivity index (χ4v) is 4.95. The second kappa shape index (κ2) is 9.62. The number of hydrogen-bond acceptors (Lipinski definition) is 6. The predicted molar refractivity (Wildman–Crippen MR) is 120 cm³/mol. The van der Waals surface area contributed by atoms with Crippen LogP contribution in [0, 0.1) is 5.82 Å². The normalized spacial score (nSPS) is 15.5. The molecule has 5 nitrogen and oxygen atoms in total. The summed E-state index contributed by atoms with van der Waals surface area (Å²) < 4.78 is 19.7. The third-order valence-electron chi connectivity index (χ3n) is 5.74. The predicted octanol–water partition coefficient (Wildman–Crippen LogP) is 5.22. The van der Waals surface area contributed by atoms with Gasteiger partial charge in [-0.3, -0.25) is 0 Å². The molecule has 0 unspecified atom stereocenters. The Morgan fingerprint density at radius 2 is 1.93 bits per heavy atom. The van der Waals surface area contributed by atoms with E-state index in [1.807, 2.05) is 19.2 Å². The molecule has 0 amide bonds. The van der Waals surface area contributed by atoms with Crippen molar-refractivity contribution >= 4 is 26.7 Å². The first-order valence-corrected chi connectivity index (χ1v) is 11.4. The van der Waals surface area contributed by atoms with Crippen LogP contribution in [0.1, 0.15) is 37.2 Å². The number of aromatic hydroxyl groups is 1. The molecule has 7 heteroatoms. The molecule has 0 radical (unpaired) electrons. The van der Waals surface area contributed by atoms with E-state index in [2.05, 4.69) is 15.2 Å². The number of rotatable bonds is 8. The molecule has 0 saturated carbocycles. The highest BCUT2D eigenvalue weighted by Gasteiger charge is 2.25. The summed E-state index contributed by atoms with van der Waals surface area (Å²) in [6.07, 6.45) is 4.11. The van der Waals surface area contributed by atoms with Crippen molar-refractivity contribution in [3.05, 3.63) is 47.8 Å². The Balaban J connectivity index is 1.24. The number of benzene rings is 2. The van der Waals surface area contributed by atoms with Crippen LogP contribution in [-0.2, 0) is 0 Å². The van der Waals surface area contributed by atoms with Gasteiger partial charge < -0.3 is 20.1 Å². The number of unbranched alkanes of at least 4 members (excludes halogenated alkanes) is 1. The van der Waals surface area contributed by atoms with Crippen LogP contribution in [0.25, 0.3) is 10.2 Å². The van der Waals surface area contributed by atoms with Crippen LogP contribution < -0.4 is 10.1 Å². The van der Waals surface area contributed by atoms with E-state index >= 15 is 0 Å².